The summed E-state index contributed by atoms with van der Waals surface area (Å²) in [6.45, 7) is 0.456. The highest BCUT2D eigenvalue weighted by Crippen LogP contribution is 2.09. The van der Waals surface area contributed by atoms with Gasteiger partial charge < -0.3 is 16.2 Å². The van der Waals surface area contributed by atoms with Gasteiger partial charge in [0, 0.05) is 0 Å². The van der Waals surface area contributed by atoms with Gasteiger partial charge in [0.25, 0.3) is 0 Å². The largest absolute Gasteiger partial charge is 0.467 e. The van der Waals surface area contributed by atoms with Gasteiger partial charge in [-0.2, -0.15) is 0 Å². The quantitative estimate of drug-likeness (QED) is 0.429. The van der Waals surface area contributed by atoms with Crippen LogP contribution in [0.5, 0.6) is 0 Å². The van der Waals surface area contributed by atoms with Crippen molar-refractivity contribution in [3.8, 4) is 12.3 Å². The molecule has 4 heteroatoms. The van der Waals surface area contributed by atoms with Gasteiger partial charge in [-0.15, -0.1) is 6.42 Å². The van der Waals surface area contributed by atoms with Gasteiger partial charge in [-0.05, 0) is 19.4 Å². The zero-order valence-electron chi connectivity index (χ0n) is 7.17. The molecule has 0 heterocycles. The van der Waals surface area contributed by atoms with Crippen molar-refractivity contribution in [3.05, 3.63) is 0 Å². The van der Waals surface area contributed by atoms with E-state index in [9.17, 15) is 4.79 Å². The first-order valence-electron chi connectivity index (χ1n) is 3.66. The second-order valence-electron chi connectivity index (χ2n) is 2.50. The Bertz CT molecular complexity index is 198. The molecule has 0 aromatic rings. The molecule has 1 atom stereocenters. The molecule has 0 fully saturated rings. The SMILES string of the molecule is C#C[C@@](N)(CCCN)C(=O)OC. The van der Waals surface area contributed by atoms with Gasteiger partial charge in [0.2, 0.25) is 0 Å². The number of rotatable bonds is 4. The van der Waals surface area contributed by atoms with Crippen LogP contribution in [0, 0.1) is 12.3 Å². The first-order valence-corrected chi connectivity index (χ1v) is 3.66. The molecule has 0 saturated heterocycles. The minimum absolute atomic E-state index is 0.354. The first kappa shape index (κ1) is 11.0. The number of methoxy groups -OCH3 is 1. The molecule has 4 N–H and O–H groups in total. The molecular weight excluding hydrogens is 156 g/mol. The van der Waals surface area contributed by atoms with Crippen molar-refractivity contribution >= 4 is 5.97 Å². The third-order valence-electron chi connectivity index (χ3n) is 1.58. The molecule has 0 aliphatic carbocycles. The standard InChI is InChI=1S/C8H14N2O2/c1-3-8(10,5-4-6-9)7(11)12-2/h1H,4-6,9-10H2,2H3/t8-/m1/s1. The average Bonchev–Trinajstić information content (AvgIpc) is 2.12. The first-order chi connectivity index (χ1) is 5.60. The molecule has 4 nitrogen and oxygen atoms in total. The molecule has 0 radical (unpaired) electrons. The maximum atomic E-state index is 11.0. The van der Waals surface area contributed by atoms with Crippen molar-refractivity contribution in [2.45, 2.75) is 18.4 Å². The Morgan fingerprint density at radius 3 is 2.67 bits per heavy atom. The Kier molecular flexibility index (Phi) is 4.34. The summed E-state index contributed by atoms with van der Waals surface area (Å²) in [7, 11) is 1.25. The molecule has 0 aliphatic heterocycles. The van der Waals surface area contributed by atoms with Gasteiger partial charge in [0.05, 0.1) is 7.11 Å². The lowest BCUT2D eigenvalue weighted by Gasteiger charge is -2.19. The lowest BCUT2D eigenvalue weighted by atomic mass is 9.96. The molecule has 12 heavy (non-hydrogen) atoms. The molecule has 0 aromatic carbocycles. The van der Waals surface area contributed by atoms with Crippen molar-refractivity contribution in [1.82, 2.24) is 0 Å². The van der Waals surface area contributed by atoms with Crippen LogP contribution < -0.4 is 11.5 Å². The molecule has 0 saturated carbocycles. The zero-order valence-corrected chi connectivity index (χ0v) is 7.17. The molecular formula is C8H14N2O2. The number of carbonyl (C=O) groups excluding carboxylic acids is 1. The van der Waals surface area contributed by atoms with E-state index in [1.165, 1.54) is 7.11 Å². The summed E-state index contributed by atoms with van der Waals surface area (Å²) >= 11 is 0. The summed E-state index contributed by atoms with van der Waals surface area (Å²) < 4.78 is 4.46. The Labute approximate surface area is 72.2 Å². The van der Waals surface area contributed by atoms with Crippen LogP contribution in [-0.4, -0.2) is 25.2 Å². The fourth-order valence-corrected chi connectivity index (χ4v) is 0.796. The van der Waals surface area contributed by atoms with Crippen LogP contribution in [0.2, 0.25) is 0 Å². The van der Waals surface area contributed by atoms with Crippen molar-refractivity contribution in [2.24, 2.45) is 11.5 Å². The maximum Gasteiger partial charge on any atom is 0.338 e. The topological polar surface area (TPSA) is 78.3 Å². The van der Waals surface area contributed by atoms with Crippen LogP contribution in [0.3, 0.4) is 0 Å². The van der Waals surface area contributed by atoms with Gasteiger partial charge in [0.15, 0.2) is 5.54 Å². The molecule has 0 aromatic heterocycles. The van der Waals surface area contributed by atoms with Crippen molar-refractivity contribution < 1.29 is 9.53 Å². The van der Waals surface area contributed by atoms with Gasteiger partial charge in [-0.1, -0.05) is 5.92 Å². The van der Waals surface area contributed by atoms with E-state index in [2.05, 4.69) is 10.7 Å². The summed E-state index contributed by atoms with van der Waals surface area (Å²) in [5, 5.41) is 0. The van der Waals surface area contributed by atoms with Crippen molar-refractivity contribution in [3.63, 3.8) is 0 Å². The molecule has 0 spiro atoms. The van der Waals surface area contributed by atoms with E-state index in [4.69, 9.17) is 17.9 Å². The summed E-state index contributed by atoms with van der Waals surface area (Å²) in [5.74, 6) is 1.63. The maximum absolute atomic E-state index is 11.0. The van der Waals surface area contributed by atoms with E-state index in [0.29, 0.717) is 19.4 Å². The van der Waals surface area contributed by atoms with Crippen molar-refractivity contribution in [2.75, 3.05) is 13.7 Å². The van der Waals surface area contributed by atoms with Crippen LogP contribution in [0.25, 0.3) is 0 Å². The van der Waals surface area contributed by atoms with E-state index < -0.39 is 11.5 Å². The molecule has 68 valence electrons. The number of ether oxygens (including phenoxy) is 1. The fourth-order valence-electron chi connectivity index (χ4n) is 0.796. The zero-order chi connectivity index (χ0) is 9.61. The number of carbonyl (C=O) groups is 1. The smallest absolute Gasteiger partial charge is 0.338 e. The van der Waals surface area contributed by atoms with Crippen molar-refractivity contribution in [1.29, 1.82) is 0 Å². The molecule has 0 rings (SSSR count). The van der Waals surface area contributed by atoms with Gasteiger partial charge in [0.1, 0.15) is 0 Å². The Balaban J connectivity index is 4.26. The van der Waals surface area contributed by atoms with Crippen LogP contribution in [-0.2, 0) is 9.53 Å². The van der Waals surface area contributed by atoms with Crippen LogP contribution in [0.15, 0.2) is 0 Å². The predicted octanol–water partition coefficient (Wildman–Crippen LogP) is -0.771. The summed E-state index contributed by atoms with van der Waals surface area (Å²) in [4.78, 5) is 11.0. The lowest BCUT2D eigenvalue weighted by Crippen LogP contribution is -2.47. The predicted molar refractivity (Wildman–Crippen MR) is 46.1 cm³/mol. The van der Waals surface area contributed by atoms with Gasteiger partial charge in [-0.25, -0.2) is 4.79 Å². The summed E-state index contributed by atoms with van der Waals surface area (Å²) in [5.41, 5.74) is 9.52. The Hall–Kier alpha value is -1.05. The Morgan fingerprint density at radius 1 is 1.75 bits per heavy atom. The summed E-state index contributed by atoms with van der Waals surface area (Å²) in [6.07, 6.45) is 6.07. The molecule has 0 amide bonds. The number of hydrogen-bond acceptors (Lipinski definition) is 4. The summed E-state index contributed by atoms with van der Waals surface area (Å²) in [6, 6.07) is 0. The van der Waals surface area contributed by atoms with E-state index in [1.54, 1.807) is 0 Å². The number of hydrogen-bond donors (Lipinski definition) is 2. The third kappa shape index (κ3) is 2.53. The van der Waals surface area contributed by atoms with Gasteiger partial charge in [-0.3, -0.25) is 0 Å². The van der Waals surface area contributed by atoms with E-state index in [1.807, 2.05) is 0 Å². The second-order valence-corrected chi connectivity index (χ2v) is 2.50. The minimum Gasteiger partial charge on any atom is -0.467 e. The number of nitrogens with two attached hydrogens (primary N) is 2. The molecule has 0 aliphatic rings. The van der Waals surface area contributed by atoms with E-state index >= 15 is 0 Å². The number of esters is 1. The highest BCUT2D eigenvalue weighted by atomic mass is 16.5. The highest BCUT2D eigenvalue weighted by Gasteiger charge is 2.31. The van der Waals surface area contributed by atoms with E-state index in [-0.39, 0.29) is 0 Å². The monoisotopic (exact) mass is 170 g/mol. The third-order valence-corrected chi connectivity index (χ3v) is 1.58. The lowest BCUT2D eigenvalue weighted by molar-refractivity contribution is -0.145. The van der Waals surface area contributed by atoms with Crippen LogP contribution in [0.1, 0.15) is 12.8 Å². The average molecular weight is 170 g/mol. The van der Waals surface area contributed by atoms with Gasteiger partial charge >= 0.3 is 5.97 Å². The normalized spacial score (nSPS) is 14.5. The minimum atomic E-state index is -1.31. The molecule has 0 unspecified atom stereocenters. The Morgan fingerprint density at radius 2 is 2.33 bits per heavy atom. The highest BCUT2D eigenvalue weighted by molar-refractivity contribution is 5.84. The number of terminal acetylenes is 1. The van der Waals surface area contributed by atoms with Crippen LogP contribution >= 0.6 is 0 Å². The fraction of sp³-hybridized carbons (Fsp3) is 0.625. The molecule has 0 bridgehead atoms. The van der Waals surface area contributed by atoms with Crippen LogP contribution in [0.4, 0.5) is 0 Å². The second kappa shape index (κ2) is 4.75. The van der Waals surface area contributed by atoms with E-state index in [0.717, 1.165) is 0 Å².